The third-order valence-corrected chi connectivity index (χ3v) is 8.79. The minimum absolute atomic E-state index is 0.100. The highest BCUT2D eigenvalue weighted by Crippen LogP contribution is 2.45. The van der Waals surface area contributed by atoms with Gasteiger partial charge in [-0.3, -0.25) is 4.79 Å². The van der Waals surface area contributed by atoms with E-state index in [0.29, 0.717) is 34.9 Å². The van der Waals surface area contributed by atoms with E-state index in [-0.39, 0.29) is 25.0 Å². The average molecular weight is 643 g/mol. The van der Waals surface area contributed by atoms with Gasteiger partial charge in [-0.1, -0.05) is 90.5 Å². The van der Waals surface area contributed by atoms with Gasteiger partial charge in [0.1, 0.15) is 23.9 Å². The van der Waals surface area contributed by atoms with Crippen LogP contribution in [-0.4, -0.2) is 39.3 Å². The first-order valence-electron chi connectivity index (χ1n) is 15.7. The lowest BCUT2D eigenvalue weighted by atomic mass is 9.83. The number of amides is 1. The second-order valence-electron chi connectivity index (χ2n) is 11.8. The predicted octanol–water partition coefficient (Wildman–Crippen LogP) is 6.27. The Morgan fingerprint density at radius 1 is 0.771 bits per heavy atom. The van der Waals surface area contributed by atoms with Gasteiger partial charge < -0.3 is 30.0 Å². The standard InChI is InChI=1S/C40H38N2O6/c1-26-12-14-27(15-13-26)23-42-38(43)25-47-29-18-16-28(17-19-29)40(41,36-21-20-30(45-2)22-37(36)46-3)39(44)48-24-35-33-10-6-4-8-31(33)32-9-5-7-11-34(32)35/h4-22,35H,23-25,41H2,1-3H3,(H,42,43). The summed E-state index contributed by atoms with van der Waals surface area (Å²) in [6, 6.07) is 36.1. The van der Waals surface area contributed by atoms with Crippen molar-refractivity contribution in [2.45, 2.75) is 24.9 Å². The number of nitrogens with one attached hydrogen (secondary N) is 1. The summed E-state index contributed by atoms with van der Waals surface area (Å²) in [6.07, 6.45) is 0. The third kappa shape index (κ3) is 6.48. The number of ether oxygens (including phenoxy) is 4. The summed E-state index contributed by atoms with van der Waals surface area (Å²) in [7, 11) is 3.06. The van der Waals surface area contributed by atoms with Crippen molar-refractivity contribution in [2.24, 2.45) is 5.73 Å². The maximum absolute atomic E-state index is 14.3. The highest BCUT2D eigenvalue weighted by atomic mass is 16.5. The Morgan fingerprint density at radius 3 is 2.02 bits per heavy atom. The summed E-state index contributed by atoms with van der Waals surface area (Å²) < 4.78 is 23.0. The number of nitrogens with two attached hydrogens (primary N) is 1. The smallest absolute Gasteiger partial charge is 0.335 e. The van der Waals surface area contributed by atoms with Crippen LogP contribution < -0.4 is 25.3 Å². The Labute approximate surface area is 280 Å². The number of esters is 1. The molecule has 0 aromatic heterocycles. The molecule has 1 atom stereocenters. The van der Waals surface area contributed by atoms with E-state index in [1.165, 1.54) is 7.11 Å². The number of aryl methyl sites for hydroxylation is 1. The zero-order chi connectivity index (χ0) is 33.7. The van der Waals surface area contributed by atoms with Crippen molar-refractivity contribution in [2.75, 3.05) is 27.4 Å². The molecule has 5 aromatic carbocycles. The minimum Gasteiger partial charge on any atom is -0.497 e. The molecular formula is C40H38N2O6. The monoisotopic (exact) mass is 642 g/mol. The van der Waals surface area contributed by atoms with E-state index in [2.05, 4.69) is 29.6 Å². The van der Waals surface area contributed by atoms with E-state index in [1.807, 2.05) is 55.5 Å². The molecule has 1 amide bonds. The second kappa shape index (κ2) is 14.0. The Bertz CT molecular complexity index is 1880. The van der Waals surface area contributed by atoms with Crippen LogP contribution in [0.1, 0.15) is 39.3 Å². The van der Waals surface area contributed by atoms with Crippen LogP contribution >= 0.6 is 0 Å². The van der Waals surface area contributed by atoms with Crippen LogP contribution in [0.4, 0.5) is 0 Å². The van der Waals surface area contributed by atoms with E-state index < -0.39 is 11.5 Å². The van der Waals surface area contributed by atoms with Gasteiger partial charge in [0.2, 0.25) is 0 Å². The Balaban J connectivity index is 1.22. The fourth-order valence-corrected chi connectivity index (χ4v) is 6.14. The molecule has 8 heteroatoms. The molecular weight excluding hydrogens is 604 g/mol. The molecule has 48 heavy (non-hydrogen) atoms. The van der Waals surface area contributed by atoms with E-state index in [4.69, 9.17) is 24.7 Å². The molecule has 0 aliphatic heterocycles. The molecule has 3 N–H and O–H groups in total. The molecule has 0 saturated carbocycles. The van der Waals surface area contributed by atoms with Crippen molar-refractivity contribution < 1.29 is 28.5 Å². The molecule has 0 spiro atoms. The van der Waals surface area contributed by atoms with Crippen LogP contribution in [-0.2, 0) is 26.4 Å². The number of rotatable bonds is 12. The average Bonchev–Trinajstić information content (AvgIpc) is 3.45. The molecule has 5 aromatic rings. The molecule has 0 heterocycles. The third-order valence-electron chi connectivity index (χ3n) is 8.79. The molecule has 8 nitrogen and oxygen atoms in total. The lowest BCUT2D eigenvalue weighted by molar-refractivity contribution is -0.149. The normalized spacial score (nSPS) is 13.1. The highest BCUT2D eigenvalue weighted by molar-refractivity contribution is 5.88. The number of fused-ring (bicyclic) bond motifs is 3. The number of benzene rings is 5. The SMILES string of the molecule is COc1ccc(C(N)(C(=O)OCC2c3ccccc3-c3ccccc32)c2ccc(OCC(=O)NCc3ccc(C)cc3)cc2)c(OC)c1. The van der Waals surface area contributed by atoms with Crippen molar-refractivity contribution >= 4 is 11.9 Å². The van der Waals surface area contributed by atoms with Gasteiger partial charge in [-0.05, 0) is 64.6 Å². The maximum Gasteiger partial charge on any atom is 0.335 e. The van der Waals surface area contributed by atoms with E-state index >= 15 is 0 Å². The van der Waals surface area contributed by atoms with Gasteiger partial charge in [-0.25, -0.2) is 4.79 Å². The van der Waals surface area contributed by atoms with Crippen molar-refractivity contribution in [1.82, 2.24) is 5.32 Å². The van der Waals surface area contributed by atoms with Crippen LogP contribution in [0.25, 0.3) is 11.1 Å². The number of hydrogen-bond donors (Lipinski definition) is 2. The first-order chi connectivity index (χ1) is 23.3. The molecule has 0 fully saturated rings. The van der Waals surface area contributed by atoms with Gasteiger partial charge in [0.25, 0.3) is 5.91 Å². The molecule has 1 aliphatic carbocycles. The largest absolute Gasteiger partial charge is 0.497 e. The van der Waals surface area contributed by atoms with Gasteiger partial charge in [-0.15, -0.1) is 0 Å². The summed E-state index contributed by atoms with van der Waals surface area (Å²) in [4.78, 5) is 26.7. The van der Waals surface area contributed by atoms with E-state index in [9.17, 15) is 9.59 Å². The minimum atomic E-state index is -1.75. The zero-order valence-corrected chi connectivity index (χ0v) is 27.2. The van der Waals surface area contributed by atoms with E-state index in [0.717, 1.165) is 33.4 Å². The first-order valence-corrected chi connectivity index (χ1v) is 15.7. The van der Waals surface area contributed by atoms with Crippen molar-refractivity contribution in [1.29, 1.82) is 0 Å². The lowest BCUT2D eigenvalue weighted by Crippen LogP contribution is -2.47. The first kappa shape index (κ1) is 32.3. The lowest BCUT2D eigenvalue weighted by Gasteiger charge is -2.30. The molecule has 6 rings (SSSR count). The number of methoxy groups -OCH3 is 2. The highest BCUT2D eigenvalue weighted by Gasteiger charge is 2.43. The summed E-state index contributed by atoms with van der Waals surface area (Å²) in [5.74, 6) is 0.328. The fourth-order valence-electron chi connectivity index (χ4n) is 6.14. The zero-order valence-electron chi connectivity index (χ0n) is 27.2. The molecule has 1 aliphatic rings. The summed E-state index contributed by atoms with van der Waals surface area (Å²) in [5.41, 5.74) is 12.8. The summed E-state index contributed by atoms with van der Waals surface area (Å²) in [6.45, 7) is 2.35. The Kier molecular flexibility index (Phi) is 9.45. The molecule has 0 bridgehead atoms. The molecule has 0 saturated heterocycles. The molecule has 0 radical (unpaired) electrons. The van der Waals surface area contributed by atoms with Gasteiger partial charge in [0, 0.05) is 24.1 Å². The van der Waals surface area contributed by atoms with Crippen LogP contribution in [0.2, 0.25) is 0 Å². The van der Waals surface area contributed by atoms with Crippen molar-refractivity contribution in [3.63, 3.8) is 0 Å². The van der Waals surface area contributed by atoms with Crippen LogP contribution in [0.5, 0.6) is 17.2 Å². The van der Waals surface area contributed by atoms with Crippen LogP contribution in [0.3, 0.4) is 0 Å². The molecule has 244 valence electrons. The Morgan fingerprint density at radius 2 is 1.40 bits per heavy atom. The molecule has 1 unspecified atom stereocenters. The van der Waals surface area contributed by atoms with E-state index in [1.54, 1.807) is 49.6 Å². The summed E-state index contributed by atoms with van der Waals surface area (Å²) >= 11 is 0. The fraction of sp³-hybridized carbons (Fsp3) is 0.200. The van der Waals surface area contributed by atoms with Crippen LogP contribution in [0, 0.1) is 6.92 Å². The predicted molar refractivity (Wildman–Crippen MR) is 184 cm³/mol. The Hall–Kier alpha value is -5.60. The van der Waals surface area contributed by atoms with Crippen molar-refractivity contribution in [3.8, 4) is 28.4 Å². The quantitative estimate of drug-likeness (QED) is 0.155. The second-order valence-corrected chi connectivity index (χ2v) is 11.8. The van der Waals surface area contributed by atoms with Gasteiger partial charge in [0.05, 0.1) is 14.2 Å². The van der Waals surface area contributed by atoms with Crippen molar-refractivity contribution in [3.05, 3.63) is 149 Å². The maximum atomic E-state index is 14.3. The van der Waals surface area contributed by atoms with Crippen LogP contribution in [0.15, 0.2) is 115 Å². The van der Waals surface area contributed by atoms with Gasteiger partial charge in [-0.2, -0.15) is 0 Å². The number of carbonyl (C=O) groups is 2. The van der Waals surface area contributed by atoms with Gasteiger partial charge >= 0.3 is 5.97 Å². The topological polar surface area (TPSA) is 109 Å². The number of carbonyl (C=O) groups excluding carboxylic acids is 2. The summed E-state index contributed by atoms with van der Waals surface area (Å²) in [5, 5.41) is 2.86. The number of hydrogen-bond acceptors (Lipinski definition) is 7. The van der Waals surface area contributed by atoms with Gasteiger partial charge in [0.15, 0.2) is 12.1 Å².